The molecule has 0 aromatic carbocycles. The fourth-order valence-corrected chi connectivity index (χ4v) is 7.83. The van der Waals surface area contributed by atoms with Gasteiger partial charge in [-0.2, -0.15) is 0 Å². The molecule has 0 saturated heterocycles. The Morgan fingerprint density at radius 3 is 1.34 bits per heavy atom. The molecule has 0 bridgehead atoms. The standard InChI is InChI=1S/C13H22OP2.C10H18P2.Fe/c1-12(2,3)10-7-9(8-14)15-11(16-10)13(4,5)6;1-9(2,3)7-11-8(12-7)10(4,5)6;/h7,14H,8H2,1-6H3;1-6H3;. The second-order valence-electron chi connectivity index (χ2n) is 11.6. The van der Waals surface area contributed by atoms with Crippen LogP contribution in [-0.4, -0.2) is 15.2 Å². The van der Waals surface area contributed by atoms with E-state index in [0.29, 0.717) is 10.8 Å². The number of hydrogen-bond donors (Lipinski definition) is 1. The first-order valence-electron chi connectivity index (χ1n) is 10.0. The Bertz CT molecular complexity index is 689. The van der Waals surface area contributed by atoms with Gasteiger partial charge in [-0.25, -0.2) is 0 Å². The summed E-state index contributed by atoms with van der Waals surface area (Å²) in [6.45, 7) is 27.5. The molecule has 0 radical (unpaired) electrons. The molecule has 0 saturated carbocycles. The minimum absolute atomic E-state index is 0. The smallest absolute Gasteiger partial charge is 0.0724 e. The molecular weight excluding hydrogens is 472 g/mol. The summed E-state index contributed by atoms with van der Waals surface area (Å²) >= 11 is 0. The van der Waals surface area contributed by atoms with Gasteiger partial charge in [-0.1, -0.05) is 116 Å². The molecule has 166 valence electrons. The van der Waals surface area contributed by atoms with Gasteiger partial charge in [-0.3, -0.25) is 0 Å². The van der Waals surface area contributed by atoms with Crippen LogP contribution < -0.4 is 0 Å². The zero-order valence-electron chi connectivity index (χ0n) is 20.4. The van der Waals surface area contributed by atoms with Crippen molar-refractivity contribution < 1.29 is 22.2 Å². The van der Waals surface area contributed by atoms with Crippen LogP contribution >= 0.6 is 32.8 Å². The molecular formula is C23H40FeOP4. The molecule has 0 atom stereocenters. The van der Waals surface area contributed by atoms with Gasteiger partial charge in [0.25, 0.3) is 0 Å². The van der Waals surface area contributed by atoms with Crippen molar-refractivity contribution in [3.63, 3.8) is 0 Å². The Morgan fingerprint density at radius 1 is 0.655 bits per heavy atom. The largest absolute Gasteiger partial charge is 0.391 e. The average molecular weight is 512 g/mol. The van der Waals surface area contributed by atoms with Crippen molar-refractivity contribution in [2.24, 2.45) is 10.8 Å². The maximum Gasteiger partial charge on any atom is 0.0724 e. The first kappa shape index (κ1) is 29.9. The Labute approximate surface area is 197 Å². The van der Waals surface area contributed by atoms with Crippen molar-refractivity contribution in [2.75, 3.05) is 0 Å². The zero-order valence-corrected chi connectivity index (χ0v) is 25.1. The molecule has 1 nitrogen and oxygen atoms in total. The van der Waals surface area contributed by atoms with E-state index in [0.717, 1.165) is 5.30 Å². The van der Waals surface area contributed by atoms with Crippen molar-refractivity contribution >= 4 is 42.9 Å². The Hall–Kier alpha value is 0.899. The van der Waals surface area contributed by atoms with Gasteiger partial charge in [0, 0.05) is 37.5 Å². The van der Waals surface area contributed by atoms with Crippen molar-refractivity contribution in [3.05, 3.63) is 21.7 Å². The summed E-state index contributed by atoms with van der Waals surface area (Å²) in [6.07, 6.45) is 0. The molecule has 1 aromatic rings. The first-order chi connectivity index (χ1) is 12.4. The van der Waals surface area contributed by atoms with Crippen LogP contribution in [0.25, 0.3) is 0 Å². The minimum atomic E-state index is 0. The zero-order chi connectivity index (χ0) is 22.1. The van der Waals surface area contributed by atoms with Gasteiger partial charge in [-0.05, 0) is 33.0 Å². The Balaban J connectivity index is 0.000000542. The van der Waals surface area contributed by atoms with E-state index in [9.17, 15) is 5.11 Å². The van der Waals surface area contributed by atoms with E-state index >= 15 is 0 Å². The van der Waals surface area contributed by atoms with Crippen LogP contribution in [-0.2, 0) is 34.5 Å². The second kappa shape index (κ2) is 10.7. The fourth-order valence-electron chi connectivity index (χ4n) is 2.17. The van der Waals surface area contributed by atoms with Crippen molar-refractivity contribution in [2.45, 2.75) is 101 Å². The maximum atomic E-state index is 9.35. The van der Waals surface area contributed by atoms with E-state index < -0.39 is 0 Å². The van der Waals surface area contributed by atoms with E-state index in [1.54, 1.807) is 10.1 Å². The molecule has 29 heavy (non-hydrogen) atoms. The Morgan fingerprint density at radius 2 is 1.07 bits per heavy atom. The van der Waals surface area contributed by atoms with Gasteiger partial charge in [0.05, 0.1) is 6.61 Å². The molecule has 0 amide bonds. The predicted molar refractivity (Wildman–Crippen MR) is 138 cm³/mol. The number of aliphatic hydroxyl groups excluding tert-OH is 1. The van der Waals surface area contributed by atoms with Crippen LogP contribution in [0.2, 0.25) is 0 Å². The number of aliphatic hydroxyl groups is 1. The van der Waals surface area contributed by atoms with Crippen LogP contribution in [0.5, 0.6) is 0 Å². The molecule has 1 N–H and O–H groups in total. The third kappa shape index (κ3) is 9.51. The topological polar surface area (TPSA) is 20.2 Å². The summed E-state index contributed by atoms with van der Waals surface area (Å²) in [6, 6.07) is 2.19. The van der Waals surface area contributed by atoms with Crippen molar-refractivity contribution in [3.8, 4) is 0 Å². The van der Waals surface area contributed by atoms with Crippen LogP contribution in [0.1, 0.15) is 98.7 Å². The van der Waals surface area contributed by atoms with Gasteiger partial charge in [0.15, 0.2) is 0 Å². The molecule has 6 heteroatoms. The quantitative estimate of drug-likeness (QED) is 0.294. The van der Waals surface area contributed by atoms with Crippen LogP contribution in [0.15, 0.2) is 6.07 Å². The third-order valence-corrected chi connectivity index (χ3v) is 12.8. The van der Waals surface area contributed by atoms with Gasteiger partial charge < -0.3 is 5.11 Å². The third-order valence-electron chi connectivity index (χ3n) is 4.15. The van der Waals surface area contributed by atoms with E-state index in [1.165, 1.54) is 43.1 Å². The fraction of sp³-hybridized carbons (Fsp3) is 0.739. The van der Waals surface area contributed by atoms with E-state index in [2.05, 4.69) is 89.2 Å². The van der Waals surface area contributed by atoms with Gasteiger partial charge in [-0.15, -0.1) is 0 Å². The molecule has 0 spiro atoms. The van der Waals surface area contributed by atoms with E-state index in [4.69, 9.17) is 0 Å². The number of hydrogen-bond acceptors (Lipinski definition) is 1. The molecule has 0 aliphatic carbocycles. The maximum absolute atomic E-state index is 9.35. The van der Waals surface area contributed by atoms with Crippen molar-refractivity contribution in [1.29, 1.82) is 0 Å². The summed E-state index contributed by atoms with van der Waals surface area (Å²) in [4.78, 5) is 0. The molecule has 0 unspecified atom stereocenters. The molecule has 1 aliphatic heterocycles. The number of rotatable bonds is 1. The summed E-state index contributed by atoms with van der Waals surface area (Å²) in [5, 5.41) is 16.7. The Kier molecular flexibility index (Phi) is 11.0. The summed E-state index contributed by atoms with van der Waals surface area (Å²) < 4.78 is 0. The molecule has 1 aliphatic rings. The molecule has 0 fully saturated rings. The molecule has 2 rings (SSSR count). The minimum Gasteiger partial charge on any atom is -0.391 e. The average Bonchev–Trinajstić information content (AvgIpc) is 2.40. The second-order valence-corrected chi connectivity index (χ2v) is 17.3. The summed E-state index contributed by atoms with van der Waals surface area (Å²) in [5.74, 6) is 0. The van der Waals surface area contributed by atoms with Crippen LogP contribution in [0.3, 0.4) is 0 Å². The van der Waals surface area contributed by atoms with Crippen molar-refractivity contribution in [1.82, 2.24) is 0 Å². The molecule has 2 heterocycles. The SMILES string of the molecule is CC(C)(C)C1=PC(C(C)(C)C)=P1.CC(C)(C)c1cc(CO)pc(C(C)(C)C)p1.[Fe]. The summed E-state index contributed by atoms with van der Waals surface area (Å²) in [7, 11) is 5.61. The van der Waals surface area contributed by atoms with E-state index in [1.807, 2.05) is 0 Å². The first-order valence-corrected chi connectivity index (χ1v) is 13.6. The monoisotopic (exact) mass is 512 g/mol. The summed E-state index contributed by atoms with van der Waals surface area (Å²) in [5.41, 5.74) is 1.23. The van der Waals surface area contributed by atoms with Gasteiger partial charge >= 0.3 is 0 Å². The normalized spacial score (nSPS) is 16.3. The predicted octanol–water partition coefficient (Wildman–Crippen LogP) is 9.18. The van der Waals surface area contributed by atoms with Crippen LogP contribution in [0, 0.1) is 10.8 Å². The van der Waals surface area contributed by atoms with Crippen LogP contribution in [0.4, 0.5) is 0 Å². The van der Waals surface area contributed by atoms with Gasteiger partial charge in [0.2, 0.25) is 0 Å². The van der Waals surface area contributed by atoms with E-state index in [-0.39, 0.29) is 34.5 Å². The van der Waals surface area contributed by atoms with Gasteiger partial charge in [0.1, 0.15) is 0 Å². The molecule has 1 aromatic heterocycles.